The first-order valence-electron chi connectivity index (χ1n) is 7.85. The number of carbonyl (C=O) groups excluding carboxylic acids is 1. The number of ether oxygens (including phenoxy) is 1. The molecule has 1 atom stereocenters. The number of fused-ring (bicyclic) bond motifs is 1. The highest BCUT2D eigenvalue weighted by Crippen LogP contribution is 2.17. The van der Waals surface area contributed by atoms with E-state index in [0.717, 1.165) is 16.6 Å². The number of hydrogen-bond acceptors (Lipinski definition) is 3. The predicted molar refractivity (Wildman–Crippen MR) is 96.6 cm³/mol. The molecule has 6 nitrogen and oxygen atoms in total. The smallest absolute Gasteiger partial charge is 0.323 e. The summed E-state index contributed by atoms with van der Waals surface area (Å²) in [7, 11) is 0. The van der Waals surface area contributed by atoms with Gasteiger partial charge in [0.2, 0.25) is 5.91 Å². The average Bonchev–Trinajstić information content (AvgIpc) is 2.95. The van der Waals surface area contributed by atoms with Crippen molar-refractivity contribution < 1.29 is 9.53 Å². The highest BCUT2D eigenvalue weighted by atomic mass is 35.5. The van der Waals surface area contributed by atoms with Crippen LogP contribution in [0.15, 0.2) is 47.3 Å². The van der Waals surface area contributed by atoms with Crippen molar-refractivity contribution >= 4 is 28.5 Å². The van der Waals surface area contributed by atoms with Gasteiger partial charge < -0.3 is 20.0 Å². The molecule has 25 heavy (non-hydrogen) atoms. The van der Waals surface area contributed by atoms with Crippen LogP contribution in [0.1, 0.15) is 24.1 Å². The van der Waals surface area contributed by atoms with Crippen molar-refractivity contribution in [2.45, 2.75) is 19.6 Å². The highest BCUT2D eigenvalue weighted by Gasteiger charge is 2.11. The highest BCUT2D eigenvalue weighted by molar-refractivity contribution is 6.31. The normalized spacial score (nSPS) is 12.2. The summed E-state index contributed by atoms with van der Waals surface area (Å²) in [6.45, 7) is 2.09. The summed E-state index contributed by atoms with van der Waals surface area (Å²) < 4.78 is 5.42. The Labute approximate surface area is 149 Å². The Morgan fingerprint density at radius 3 is 2.76 bits per heavy atom. The second-order valence-electron chi connectivity index (χ2n) is 5.76. The van der Waals surface area contributed by atoms with Crippen LogP contribution in [0.3, 0.4) is 0 Å². The van der Waals surface area contributed by atoms with Crippen LogP contribution in [-0.4, -0.2) is 22.5 Å². The van der Waals surface area contributed by atoms with Crippen molar-refractivity contribution in [1.29, 1.82) is 0 Å². The number of aromatic nitrogens is 2. The van der Waals surface area contributed by atoms with Crippen LogP contribution in [-0.2, 0) is 16.1 Å². The van der Waals surface area contributed by atoms with E-state index in [1.807, 2.05) is 37.3 Å². The van der Waals surface area contributed by atoms with Gasteiger partial charge in [-0.1, -0.05) is 35.9 Å². The Kier molecular flexibility index (Phi) is 5.21. The molecule has 0 aliphatic carbocycles. The van der Waals surface area contributed by atoms with Crippen molar-refractivity contribution in [2.75, 3.05) is 6.61 Å². The molecule has 1 aromatic heterocycles. The molecular formula is C18H18ClN3O3. The Morgan fingerprint density at radius 1 is 1.20 bits per heavy atom. The van der Waals surface area contributed by atoms with Crippen LogP contribution < -0.4 is 11.0 Å². The summed E-state index contributed by atoms with van der Waals surface area (Å²) in [5.74, 6) is -0.220. The van der Waals surface area contributed by atoms with Crippen LogP contribution in [0.25, 0.3) is 11.0 Å². The summed E-state index contributed by atoms with van der Waals surface area (Å²) in [6.07, 6.45) is 0. The molecule has 3 aromatic rings. The third-order valence-corrected chi connectivity index (χ3v) is 4.23. The quantitative estimate of drug-likeness (QED) is 0.632. The molecule has 7 heteroatoms. The minimum atomic E-state index is -0.253. The number of carbonyl (C=O) groups is 1. The van der Waals surface area contributed by atoms with E-state index in [1.165, 1.54) is 0 Å². The van der Waals surface area contributed by atoms with E-state index in [4.69, 9.17) is 16.3 Å². The molecule has 0 saturated heterocycles. The molecule has 130 valence electrons. The molecule has 1 unspecified atom stereocenters. The van der Waals surface area contributed by atoms with E-state index in [1.54, 1.807) is 12.1 Å². The number of nitrogens with one attached hydrogen (secondary N) is 3. The number of aromatic amines is 2. The minimum absolute atomic E-state index is 0.0568. The van der Waals surface area contributed by atoms with Gasteiger partial charge in [-0.15, -0.1) is 0 Å². The van der Waals surface area contributed by atoms with Gasteiger partial charge in [-0.25, -0.2) is 4.79 Å². The molecule has 1 amide bonds. The van der Waals surface area contributed by atoms with Gasteiger partial charge in [-0.2, -0.15) is 0 Å². The summed E-state index contributed by atoms with van der Waals surface area (Å²) in [4.78, 5) is 28.7. The van der Waals surface area contributed by atoms with Crippen LogP contribution in [0.4, 0.5) is 0 Å². The van der Waals surface area contributed by atoms with Gasteiger partial charge in [-0.05, 0) is 36.2 Å². The lowest BCUT2D eigenvalue weighted by Crippen LogP contribution is -2.30. The van der Waals surface area contributed by atoms with Crippen LogP contribution in [0.2, 0.25) is 5.02 Å². The maximum Gasteiger partial charge on any atom is 0.323 e. The van der Waals surface area contributed by atoms with Crippen molar-refractivity contribution in [3.05, 3.63) is 69.1 Å². The lowest BCUT2D eigenvalue weighted by molar-refractivity contribution is -0.126. The molecule has 1 heterocycles. The van der Waals surface area contributed by atoms with E-state index < -0.39 is 0 Å². The molecule has 0 bridgehead atoms. The first kappa shape index (κ1) is 17.3. The van der Waals surface area contributed by atoms with Gasteiger partial charge in [-0.3, -0.25) is 4.79 Å². The number of hydrogen-bond donors (Lipinski definition) is 3. The summed E-state index contributed by atoms with van der Waals surface area (Å²) in [5, 5.41) is 3.49. The van der Waals surface area contributed by atoms with Gasteiger partial charge in [0.15, 0.2) is 0 Å². The van der Waals surface area contributed by atoms with Crippen molar-refractivity contribution in [3.8, 4) is 0 Å². The van der Waals surface area contributed by atoms with E-state index in [-0.39, 0.29) is 30.9 Å². The van der Waals surface area contributed by atoms with E-state index in [0.29, 0.717) is 10.5 Å². The first-order chi connectivity index (χ1) is 12.0. The number of halogens is 1. The Balaban J connectivity index is 1.54. The number of rotatable bonds is 6. The van der Waals surface area contributed by atoms with E-state index in [9.17, 15) is 9.59 Å². The molecule has 2 aromatic carbocycles. The fourth-order valence-electron chi connectivity index (χ4n) is 2.56. The van der Waals surface area contributed by atoms with Gasteiger partial charge in [0.05, 0.1) is 23.7 Å². The molecule has 0 aliphatic rings. The van der Waals surface area contributed by atoms with Crippen LogP contribution in [0, 0.1) is 0 Å². The van der Waals surface area contributed by atoms with Crippen LogP contribution >= 0.6 is 11.6 Å². The van der Waals surface area contributed by atoms with Gasteiger partial charge >= 0.3 is 5.69 Å². The summed E-state index contributed by atoms with van der Waals surface area (Å²) in [5.41, 5.74) is 2.92. The predicted octanol–water partition coefficient (Wildman–Crippen LogP) is 2.90. The zero-order valence-corrected chi connectivity index (χ0v) is 14.4. The van der Waals surface area contributed by atoms with Gasteiger partial charge in [0.1, 0.15) is 6.61 Å². The average molecular weight is 360 g/mol. The topological polar surface area (TPSA) is 87.0 Å². The maximum absolute atomic E-state index is 12.0. The first-order valence-corrected chi connectivity index (χ1v) is 8.23. The van der Waals surface area contributed by atoms with Crippen LogP contribution in [0.5, 0.6) is 0 Å². The van der Waals surface area contributed by atoms with E-state index >= 15 is 0 Å². The number of amides is 1. The van der Waals surface area contributed by atoms with Crippen molar-refractivity contribution in [2.24, 2.45) is 0 Å². The molecule has 0 fully saturated rings. The lowest BCUT2D eigenvalue weighted by atomic mass is 10.1. The fourth-order valence-corrected chi connectivity index (χ4v) is 2.75. The zero-order chi connectivity index (χ0) is 17.8. The Morgan fingerprint density at radius 2 is 1.96 bits per heavy atom. The molecule has 0 aliphatic heterocycles. The Bertz CT molecular complexity index is 948. The van der Waals surface area contributed by atoms with Gasteiger partial charge in [0.25, 0.3) is 0 Å². The van der Waals surface area contributed by atoms with Crippen molar-refractivity contribution in [3.63, 3.8) is 0 Å². The molecule has 0 saturated carbocycles. The summed E-state index contributed by atoms with van der Waals surface area (Å²) in [6, 6.07) is 12.6. The molecular weight excluding hydrogens is 342 g/mol. The monoisotopic (exact) mass is 359 g/mol. The minimum Gasteiger partial charge on any atom is -0.367 e. The summed E-state index contributed by atoms with van der Waals surface area (Å²) >= 11 is 6.05. The number of H-pyrrole nitrogens is 2. The van der Waals surface area contributed by atoms with Crippen molar-refractivity contribution in [1.82, 2.24) is 15.3 Å². The maximum atomic E-state index is 12.0. The zero-order valence-electron chi connectivity index (χ0n) is 13.6. The third kappa shape index (κ3) is 4.29. The lowest BCUT2D eigenvalue weighted by Gasteiger charge is -2.14. The Hall–Kier alpha value is -2.57. The SMILES string of the molecule is CC(NC(=O)COCc1ccccc1Cl)c1ccc2[nH]c(=O)[nH]c2c1. The third-order valence-electron chi connectivity index (χ3n) is 3.87. The largest absolute Gasteiger partial charge is 0.367 e. The second kappa shape index (κ2) is 7.55. The van der Waals surface area contributed by atoms with E-state index in [2.05, 4.69) is 15.3 Å². The molecule has 0 radical (unpaired) electrons. The standard InChI is InChI=1S/C18H18ClN3O3/c1-11(12-6-7-15-16(8-12)22-18(24)21-15)20-17(23)10-25-9-13-4-2-3-5-14(13)19/h2-8,11H,9-10H2,1H3,(H,20,23)(H2,21,22,24). The number of benzene rings is 2. The molecule has 0 spiro atoms. The molecule has 3 rings (SSSR count). The number of imidazole rings is 1. The second-order valence-corrected chi connectivity index (χ2v) is 6.16. The fraction of sp³-hybridized carbons (Fsp3) is 0.222. The van der Waals surface area contributed by atoms with Gasteiger partial charge in [0, 0.05) is 5.02 Å². The molecule has 3 N–H and O–H groups in total.